The van der Waals surface area contributed by atoms with Gasteiger partial charge in [-0.1, -0.05) is 36.0 Å². The molecule has 0 unspecified atom stereocenters. The summed E-state index contributed by atoms with van der Waals surface area (Å²) in [6, 6.07) is 7.73. The molecule has 22 heavy (non-hydrogen) atoms. The van der Waals surface area contributed by atoms with Crippen LogP contribution in [0.1, 0.15) is 45.1 Å². The Morgan fingerprint density at radius 1 is 1.23 bits per heavy atom. The molecule has 0 amide bonds. The van der Waals surface area contributed by atoms with E-state index in [9.17, 15) is 9.90 Å². The second-order valence-electron chi connectivity index (χ2n) is 5.71. The Bertz CT molecular complexity index is 577. The lowest BCUT2D eigenvalue weighted by atomic mass is 10.2. The molecular formula is C18H22O3S. The number of thioether (sulfide) groups is 1. The van der Waals surface area contributed by atoms with Gasteiger partial charge in [0.15, 0.2) is 0 Å². The number of carboxylic acids is 1. The average molecular weight is 318 g/mol. The quantitative estimate of drug-likeness (QED) is 0.742. The van der Waals surface area contributed by atoms with E-state index in [1.54, 1.807) is 13.8 Å². The second kappa shape index (κ2) is 7.54. The van der Waals surface area contributed by atoms with E-state index in [0.29, 0.717) is 11.0 Å². The molecular weight excluding hydrogens is 296 g/mol. The predicted octanol–water partition coefficient (Wildman–Crippen LogP) is 5.09. The Balaban J connectivity index is 2.01. The maximum absolute atomic E-state index is 11.2. The van der Waals surface area contributed by atoms with E-state index in [4.69, 9.17) is 4.74 Å². The molecule has 1 N–H and O–H groups in total. The van der Waals surface area contributed by atoms with Crippen molar-refractivity contribution in [3.05, 3.63) is 46.9 Å². The highest BCUT2D eigenvalue weighted by molar-refractivity contribution is 8.12. The number of hydrogen-bond donors (Lipinski definition) is 1. The Morgan fingerprint density at radius 2 is 1.82 bits per heavy atom. The Hall–Kier alpha value is -1.68. The summed E-state index contributed by atoms with van der Waals surface area (Å²) >= 11 is 1.20. The molecule has 0 radical (unpaired) electrons. The largest absolute Gasteiger partial charge is 0.490 e. The fraction of sp³-hybridized carbons (Fsp3) is 0.389. The van der Waals surface area contributed by atoms with Crippen molar-refractivity contribution in [2.24, 2.45) is 0 Å². The summed E-state index contributed by atoms with van der Waals surface area (Å²) in [5, 5.41) is 9.20. The monoisotopic (exact) mass is 318 g/mol. The zero-order chi connectivity index (χ0) is 16.1. The zero-order valence-electron chi connectivity index (χ0n) is 13.1. The molecule has 0 heterocycles. The van der Waals surface area contributed by atoms with Crippen molar-refractivity contribution >= 4 is 22.6 Å². The molecule has 1 aromatic carbocycles. The number of allylic oxidation sites excluding steroid dienone is 1. The van der Waals surface area contributed by atoms with E-state index in [0.717, 1.165) is 34.6 Å². The highest BCUT2D eigenvalue weighted by Crippen LogP contribution is 2.35. The maximum Gasteiger partial charge on any atom is 0.342 e. The lowest BCUT2D eigenvalue weighted by Gasteiger charge is -2.14. The lowest BCUT2D eigenvalue weighted by molar-refractivity contribution is -0.131. The van der Waals surface area contributed by atoms with E-state index in [1.807, 2.05) is 24.3 Å². The van der Waals surface area contributed by atoms with Gasteiger partial charge in [-0.05, 0) is 57.2 Å². The smallest absolute Gasteiger partial charge is 0.342 e. The average Bonchev–Trinajstić information content (AvgIpc) is 2.97. The van der Waals surface area contributed by atoms with Crippen LogP contribution < -0.4 is 4.74 Å². The molecule has 1 saturated carbocycles. The van der Waals surface area contributed by atoms with Gasteiger partial charge in [0.05, 0.1) is 11.0 Å². The van der Waals surface area contributed by atoms with Crippen molar-refractivity contribution < 1.29 is 14.6 Å². The molecule has 1 fully saturated rings. The first-order valence-electron chi connectivity index (χ1n) is 7.52. The van der Waals surface area contributed by atoms with Gasteiger partial charge in [0.1, 0.15) is 5.75 Å². The highest BCUT2D eigenvalue weighted by Gasteiger charge is 2.17. The summed E-state index contributed by atoms with van der Waals surface area (Å²) in [5.74, 6) is -0.0403. The third-order valence-electron chi connectivity index (χ3n) is 3.65. The van der Waals surface area contributed by atoms with E-state index in [2.05, 4.69) is 6.58 Å². The van der Waals surface area contributed by atoms with Gasteiger partial charge in [-0.15, -0.1) is 0 Å². The van der Waals surface area contributed by atoms with E-state index in [-0.39, 0.29) is 0 Å². The lowest BCUT2D eigenvalue weighted by Crippen LogP contribution is -2.10. The fourth-order valence-electron chi connectivity index (χ4n) is 2.46. The molecule has 118 valence electrons. The van der Waals surface area contributed by atoms with Crippen molar-refractivity contribution in [2.45, 2.75) is 45.6 Å². The SMILES string of the molecule is C=C(SC(C(=O)O)=C(C)C)c1ccc(OC2CCCC2)cc1. The minimum Gasteiger partial charge on any atom is -0.490 e. The van der Waals surface area contributed by atoms with Gasteiger partial charge in [0, 0.05) is 4.91 Å². The molecule has 0 saturated heterocycles. The maximum atomic E-state index is 11.2. The van der Waals surface area contributed by atoms with Crippen LogP contribution >= 0.6 is 11.8 Å². The van der Waals surface area contributed by atoms with Gasteiger partial charge in [0.25, 0.3) is 0 Å². The van der Waals surface area contributed by atoms with Crippen molar-refractivity contribution in [3.8, 4) is 5.75 Å². The Labute approximate surface area is 136 Å². The molecule has 0 bridgehead atoms. The molecule has 0 atom stereocenters. The molecule has 4 heteroatoms. The van der Waals surface area contributed by atoms with Gasteiger partial charge in [0.2, 0.25) is 0 Å². The molecule has 0 aliphatic heterocycles. The number of rotatable bonds is 6. The molecule has 0 spiro atoms. The molecule has 3 nitrogen and oxygen atoms in total. The van der Waals surface area contributed by atoms with Crippen LogP contribution in [0.15, 0.2) is 41.3 Å². The topological polar surface area (TPSA) is 46.5 Å². The number of aliphatic carboxylic acids is 1. The van der Waals surface area contributed by atoms with Crippen molar-refractivity contribution in [2.75, 3.05) is 0 Å². The third-order valence-corrected chi connectivity index (χ3v) is 4.92. The summed E-state index contributed by atoms with van der Waals surface area (Å²) in [4.78, 5) is 12.3. The van der Waals surface area contributed by atoms with Gasteiger partial charge in [-0.25, -0.2) is 4.79 Å². The molecule has 1 aliphatic carbocycles. The van der Waals surface area contributed by atoms with Crippen LogP contribution in [0.4, 0.5) is 0 Å². The second-order valence-corrected chi connectivity index (χ2v) is 6.81. The van der Waals surface area contributed by atoms with Gasteiger partial charge >= 0.3 is 5.97 Å². The van der Waals surface area contributed by atoms with Crippen LogP contribution in [0.3, 0.4) is 0 Å². The first-order chi connectivity index (χ1) is 10.5. The molecule has 1 aliphatic rings. The molecule has 1 aromatic rings. The van der Waals surface area contributed by atoms with Gasteiger partial charge in [-0.2, -0.15) is 0 Å². The van der Waals surface area contributed by atoms with E-state index < -0.39 is 5.97 Å². The van der Waals surface area contributed by atoms with Crippen molar-refractivity contribution in [1.29, 1.82) is 0 Å². The summed E-state index contributed by atoms with van der Waals surface area (Å²) in [6.45, 7) is 7.57. The van der Waals surface area contributed by atoms with Crippen LogP contribution in [-0.4, -0.2) is 17.2 Å². The predicted molar refractivity (Wildman–Crippen MR) is 92.0 cm³/mol. The number of carbonyl (C=O) groups is 1. The van der Waals surface area contributed by atoms with E-state index in [1.165, 1.54) is 24.6 Å². The minimum atomic E-state index is -0.910. The number of hydrogen-bond acceptors (Lipinski definition) is 3. The normalized spacial score (nSPS) is 14.6. The Morgan fingerprint density at radius 3 is 2.32 bits per heavy atom. The van der Waals surface area contributed by atoms with Gasteiger partial charge in [-0.3, -0.25) is 0 Å². The van der Waals surface area contributed by atoms with Crippen molar-refractivity contribution in [3.63, 3.8) is 0 Å². The first kappa shape index (κ1) is 16.7. The molecule has 0 aromatic heterocycles. The third kappa shape index (κ3) is 4.41. The number of ether oxygens (including phenoxy) is 1. The minimum absolute atomic E-state index is 0.330. The van der Waals surface area contributed by atoms with Crippen LogP contribution in [-0.2, 0) is 4.79 Å². The first-order valence-corrected chi connectivity index (χ1v) is 8.33. The van der Waals surface area contributed by atoms with Crippen molar-refractivity contribution in [1.82, 2.24) is 0 Å². The number of carboxylic acid groups (broad SMARTS) is 1. The van der Waals surface area contributed by atoms with E-state index >= 15 is 0 Å². The zero-order valence-corrected chi connectivity index (χ0v) is 13.9. The summed E-state index contributed by atoms with van der Waals surface area (Å²) in [6.07, 6.45) is 5.10. The van der Waals surface area contributed by atoms with Crippen LogP contribution in [0.5, 0.6) is 5.75 Å². The van der Waals surface area contributed by atoms with Crippen LogP contribution in [0.25, 0.3) is 4.91 Å². The Kier molecular flexibility index (Phi) is 5.72. The van der Waals surface area contributed by atoms with Crippen LogP contribution in [0.2, 0.25) is 0 Å². The summed E-state index contributed by atoms with van der Waals surface area (Å²) in [5.41, 5.74) is 1.70. The van der Waals surface area contributed by atoms with Crippen LogP contribution in [0, 0.1) is 0 Å². The summed E-state index contributed by atoms with van der Waals surface area (Å²) in [7, 11) is 0. The number of benzene rings is 1. The molecule has 2 rings (SSSR count). The highest BCUT2D eigenvalue weighted by atomic mass is 32.2. The summed E-state index contributed by atoms with van der Waals surface area (Å²) < 4.78 is 5.93. The fourth-order valence-corrected chi connectivity index (χ4v) is 3.25. The van der Waals surface area contributed by atoms with Gasteiger partial charge < -0.3 is 9.84 Å². The standard InChI is InChI=1S/C18H22O3S/c1-12(2)17(18(19)20)22-13(3)14-8-10-16(11-9-14)21-15-6-4-5-7-15/h8-11,15H,3-7H2,1-2H3,(H,19,20).